The molecule has 4 nitrogen and oxygen atoms in total. The van der Waals surface area contributed by atoms with E-state index < -0.39 is 0 Å². The molecule has 8 aromatic carbocycles. The van der Waals surface area contributed by atoms with Crippen LogP contribution in [-0.2, 0) is 6.54 Å². The first kappa shape index (κ1) is 32.4. The number of fused-ring (bicyclic) bond motifs is 6. The number of hydrogen-bond donors (Lipinski definition) is 0. The Labute approximate surface area is 328 Å². The highest BCUT2D eigenvalue weighted by molar-refractivity contribution is 7.25. The summed E-state index contributed by atoms with van der Waals surface area (Å²) in [6, 6.07) is 69.2. The summed E-state index contributed by atoms with van der Waals surface area (Å²) in [5.74, 6) is 1.53. The average Bonchev–Trinajstić information content (AvgIpc) is 3.96. The van der Waals surface area contributed by atoms with Gasteiger partial charge in [0, 0.05) is 47.8 Å². The van der Waals surface area contributed by atoms with Crippen molar-refractivity contribution in [3.05, 3.63) is 200 Å². The molecule has 0 saturated heterocycles. The Morgan fingerprint density at radius 3 is 1.95 bits per heavy atom. The van der Waals surface area contributed by atoms with Crippen molar-refractivity contribution in [3.8, 4) is 50.7 Å². The minimum Gasteiger partial charge on any atom is -0.397 e. The van der Waals surface area contributed by atoms with Crippen molar-refractivity contribution >= 4 is 53.3 Å². The normalized spacial score (nSPS) is 11.6. The van der Waals surface area contributed by atoms with Gasteiger partial charge in [-0.1, -0.05) is 158 Å². The fourth-order valence-electron chi connectivity index (χ4n) is 8.29. The van der Waals surface area contributed by atoms with Crippen LogP contribution in [0.25, 0.3) is 92.7 Å². The summed E-state index contributed by atoms with van der Waals surface area (Å²) in [5.41, 5.74) is 11.3. The lowest BCUT2D eigenvalue weighted by Gasteiger charge is -2.12. The molecule has 0 aliphatic carbocycles. The van der Waals surface area contributed by atoms with E-state index in [0.717, 1.165) is 39.3 Å². The average molecular weight is 735 g/mol. The maximum absolute atomic E-state index is 5.44. The van der Waals surface area contributed by atoms with Crippen LogP contribution in [0, 0.1) is 0 Å². The van der Waals surface area contributed by atoms with Crippen LogP contribution in [0.1, 0.15) is 5.56 Å². The van der Waals surface area contributed by atoms with Gasteiger partial charge in [-0.25, -0.2) is 0 Å². The molecule has 11 rings (SSSR count). The Bertz CT molecular complexity index is 3210. The number of rotatable bonds is 7. The van der Waals surface area contributed by atoms with Crippen LogP contribution >= 0.6 is 11.3 Å². The minimum atomic E-state index is 0.577. The van der Waals surface area contributed by atoms with Crippen molar-refractivity contribution in [2.75, 3.05) is 0 Å². The zero-order chi connectivity index (χ0) is 37.0. The van der Waals surface area contributed by atoms with E-state index in [1.807, 2.05) is 11.3 Å². The van der Waals surface area contributed by atoms with E-state index in [1.54, 1.807) is 0 Å². The predicted molar refractivity (Wildman–Crippen MR) is 232 cm³/mol. The molecule has 0 aliphatic rings. The summed E-state index contributed by atoms with van der Waals surface area (Å²) in [6.07, 6.45) is 0. The Kier molecular flexibility index (Phi) is 7.71. The van der Waals surface area contributed by atoms with Crippen molar-refractivity contribution in [3.63, 3.8) is 0 Å². The van der Waals surface area contributed by atoms with E-state index in [1.165, 1.54) is 53.2 Å². The molecule has 264 valence electrons. The lowest BCUT2D eigenvalue weighted by atomic mass is 9.97. The Morgan fingerprint density at radius 1 is 0.482 bits per heavy atom. The van der Waals surface area contributed by atoms with Crippen molar-refractivity contribution < 1.29 is 4.68 Å². The van der Waals surface area contributed by atoms with Crippen LogP contribution in [0.4, 0.5) is 0 Å². The van der Waals surface area contributed by atoms with Crippen LogP contribution < -0.4 is 9.78 Å². The van der Waals surface area contributed by atoms with E-state index in [-0.39, 0.29) is 0 Å². The first-order chi connectivity index (χ1) is 27.8. The molecule has 0 atom stereocenters. The zero-order valence-electron chi connectivity index (χ0n) is 30.4. The summed E-state index contributed by atoms with van der Waals surface area (Å²) in [7, 11) is 0. The molecule has 3 aromatic heterocycles. The molecule has 0 fully saturated rings. The standard InChI is InChI=1S/C51H34N4S/c1-3-14-34(15-4-1)35-26-28-36(29-27-35)40-19-7-8-21-43(40)50-52-51(54(53-50)33-38-16-13-25-48-49(38)44-22-10-12-24-47(44)56-48)37-30-31-42-41-20-9-11-23-45(41)55(46(42)32-37)39-17-5-2-6-18-39/h1-32H,33H2. The van der Waals surface area contributed by atoms with Gasteiger partial charge in [0.05, 0.1) is 11.0 Å². The van der Waals surface area contributed by atoms with E-state index in [9.17, 15) is 0 Å². The van der Waals surface area contributed by atoms with Gasteiger partial charge >= 0.3 is 0 Å². The quantitative estimate of drug-likeness (QED) is 0.153. The van der Waals surface area contributed by atoms with Crippen LogP contribution in [0.3, 0.4) is 0 Å². The van der Waals surface area contributed by atoms with Crippen LogP contribution in [-0.4, -0.2) is 9.55 Å². The first-order valence-electron chi connectivity index (χ1n) is 19.0. The molecule has 3 heterocycles. The summed E-state index contributed by atoms with van der Waals surface area (Å²) < 4.78 is 7.05. The maximum Gasteiger partial charge on any atom is 0.126 e. The number of hydrogen-bond acceptors (Lipinski definition) is 2. The number of aromatic nitrogens is 4. The number of para-hydroxylation sites is 2. The SMILES string of the molecule is c1ccc(-c2ccc(-c3ccccc3-c3nc(-c4ccc5c6ccccc6n(-c6ccccc6)c5c4)[n+](Cc4cccc5sc6ccccc6c45)[n-]3)cc2)cc1. The molecular weight excluding hydrogens is 701 g/mol. The second kappa shape index (κ2) is 13.3. The fourth-order valence-corrected chi connectivity index (χ4v) is 9.44. The lowest BCUT2D eigenvalue weighted by Crippen LogP contribution is -2.40. The van der Waals surface area contributed by atoms with Crippen LogP contribution in [0.5, 0.6) is 0 Å². The smallest absolute Gasteiger partial charge is 0.126 e. The predicted octanol–water partition coefficient (Wildman–Crippen LogP) is 12.5. The summed E-state index contributed by atoms with van der Waals surface area (Å²) in [6.45, 7) is 0.577. The number of thiophene rings is 1. The molecular formula is C51H34N4S. The van der Waals surface area contributed by atoms with E-state index in [4.69, 9.17) is 10.1 Å². The molecule has 0 bridgehead atoms. The van der Waals surface area contributed by atoms with Gasteiger partial charge in [0.1, 0.15) is 12.4 Å². The van der Waals surface area contributed by atoms with Crippen molar-refractivity contribution in [2.45, 2.75) is 6.54 Å². The molecule has 0 radical (unpaired) electrons. The second-order valence-electron chi connectivity index (χ2n) is 14.2. The Balaban J connectivity index is 1.10. The second-order valence-corrected chi connectivity index (χ2v) is 15.3. The fraction of sp³-hybridized carbons (Fsp3) is 0.0196. The van der Waals surface area contributed by atoms with Gasteiger partial charge in [0.15, 0.2) is 0 Å². The van der Waals surface area contributed by atoms with Gasteiger partial charge in [0.2, 0.25) is 0 Å². The minimum absolute atomic E-state index is 0.577. The van der Waals surface area contributed by atoms with Gasteiger partial charge in [-0.15, -0.1) is 11.3 Å². The molecule has 0 amide bonds. The van der Waals surface area contributed by atoms with Gasteiger partial charge < -0.3 is 9.55 Å². The monoisotopic (exact) mass is 734 g/mol. The highest BCUT2D eigenvalue weighted by Crippen LogP contribution is 2.38. The lowest BCUT2D eigenvalue weighted by molar-refractivity contribution is -0.737. The van der Waals surface area contributed by atoms with E-state index in [2.05, 4.69) is 203 Å². The summed E-state index contributed by atoms with van der Waals surface area (Å²) >= 11 is 1.84. The molecule has 0 unspecified atom stereocenters. The number of benzene rings is 8. The van der Waals surface area contributed by atoms with Crippen LogP contribution in [0.2, 0.25) is 0 Å². The van der Waals surface area contributed by atoms with Crippen molar-refractivity contribution in [2.24, 2.45) is 0 Å². The molecule has 0 aliphatic heterocycles. The Hall–Kier alpha value is -7.08. The van der Waals surface area contributed by atoms with Crippen molar-refractivity contribution in [1.82, 2.24) is 14.6 Å². The van der Waals surface area contributed by atoms with Crippen LogP contribution in [0.15, 0.2) is 194 Å². The number of nitrogens with zero attached hydrogens (tertiary/aromatic N) is 4. The highest BCUT2D eigenvalue weighted by atomic mass is 32.1. The third-order valence-corrected chi connectivity index (χ3v) is 12.0. The van der Waals surface area contributed by atoms with Gasteiger partial charge in [-0.05, 0) is 70.0 Å². The molecule has 0 N–H and O–H groups in total. The molecule has 11 aromatic rings. The third kappa shape index (κ3) is 5.44. The topological polar surface area (TPSA) is 35.8 Å². The van der Waals surface area contributed by atoms with Gasteiger partial charge in [-0.3, -0.25) is 9.78 Å². The molecule has 56 heavy (non-hydrogen) atoms. The summed E-state index contributed by atoms with van der Waals surface area (Å²) in [5, 5.41) is 10.4. The molecule has 0 spiro atoms. The van der Waals surface area contributed by atoms with Crippen molar-refractivity contribution in [1.29, 1.82) is 0 Å². The van der Waals surface area contributed by atoms with Gasteiger partial charge in [0.25, 0.3) is 0 Å². The summed E-state index contributed by atoms with van der Waals surface area (Å²) in [4.78, 5) is 5.44. The third-order valence-electron chi connectivity index (χ3n) is 10.9. The molecule has 5 heteroatoms. The molecule has 0 saturated carbocycles. The largest absolute Gasteiger partial charge is 0.397 e. The maximum atomic E-state index is 5.44. The van der Waals surface area contributed by atoms with Gasteiger partial charge in [-0.2, -0.15) is 0 Å². The van der Waals surface area contributed by atoms with E-state index >= 15 is 0 Å². The first-order valence-corrected chi connectivity index (χ1v) is 19.8. The highest BCUT2D eigenvalue weighted by Gasteiger charge is 2.18. The zero-order valence-corrected chi connectivity index (χ0v) is 31.2. The van der Waals surface area contributed by atoms with E-state index in [0.29, 0.717) is 12.4 Å². The Morgan fingerprint density at radius 2 is 1.11 bits per heavy atom.